The Morgan fingerprint density at radius 3 is 2.28 bits per heavy atom. The molecule has 108 valence electrons. The molecule has 0 spiro atoms. The third-order valence-electron chi connectivity index (χ3n) is 4.99. The molecule has 1 rings (SSSR count). The summed E-state index contributed by atoms with van der Waals surface area (Å²) in [5.41, 5.74) is 0. The zero-order valence-electron chi connectivity index (χ0n) is 12.9. The van der Waals surface area contributed by atoms with Crippen LogP contribution in [0.15, 0.2) is 0 Å². The normalized spacial score (nSPS) is 29.2. The molecule has 0 aromatic heterocycles. The highest BCUT2D eigenvalue weighted by Crippen LogP contribution is 2.30. The maximum absolute atomic E-state index is 10.3. The second kappa shape index (κ2) is 8.16. The smallest absolute Gasteiger partial charge is 0.0695 e. The molecule has 1 saturated carbocycles. The van der Waals surface area contributed by atoms with E-state index in [0.29, 0.717) is 6.04 Å². The van der Waals surface area contributed by atoms with Gasteiger partial charge in [-0.2, -0.15) is 0 Å². The van der Waals surface area contributed by atoms with Crippen molar-refractivity contribution in [1.82, 2.24) is 4.90 Å². The molecule has 0 radical (unpaired) electrons. The lowest BCUT2D eigenvalue weighted by Gasteiger charge is -2.41. The lowest BCUT2D eigenvalue weighted by Crippen LogP contribution is -2.48. The van der Waals surface area contributed by atoms with Crippen molar-refractivity contribution < 1.29 is 5.11 Å². The lowest BCUT2D eigenvalue weighted by atomic mass is 9.81. The van der Waals surface area contributed by atoms with Crippen molar-refractivity contribution in [2.24, 2.45) is 11.8 Å². The summed E-state index contributed by atoms with van der Waals surface area (Å²) in [6.07, 6.45) is 7.11. The number of aliphatic hydroxyl groups excluding tert-OH is 1. The number of aliphatic hydroxyl groups is 1. The first-order valence-electron chi connectivity index (χ1n) is 8.08. The topological polar surface area (TPSA) is 23.5 Å². The minimum absolute atomic E-state index is 0.0953. The molecule has 0 saturated heterocycles. The van der Waals surface area contributed by atoms with Gasteiger partial charge < -0.3 is 5.11 Å². The zero-order chi connectivity index (χ0) is 13.5. The van der Waals surface area contributed by atoms with E-state index in [1.807, 2.05) is 0 Å². The van der Waals surface area contributed by atoms with Crippen molar-refractivity contribution in [2.75, 3.05) is 13.1 Å². The van der Waals surface area contributed by atoms with Crippen LogP contribution in [0, 0.1) is 11.8 Å². The molecular formula is C16H33NO. The van der Waals surface area contributed by atoms with Gasteiger partial charge in [0.1, 0.15) is 0 Å². The minimum Gasteiger partial charge on any atom is -0.391 e. The standard InChI is InChI=1S/C16H33NO/c1-5-13(6-2)12-17(8-4)15-11-14(7-3)9-10-16(15)18/h13-16,18H,5-12H2,1-4H3. The first kappa shape index (κ1) is 16.0. The summed E-state index contributed by atoms with van der Waals surface area (Å²) in [7, 11) is 0. The maximum Gasteiger partial charge on any atom is 0.0695 e. The van der Waals surface area contributed by atoms with Gasteiger partial charge in [-0.15, -0.1) is 0 Å². The Kier molecular flexibility index (Phi) is 7.25. The van der Waals surface area contributed by atoms with E-state index in [1.165, 1.54) is 38.6 Å². The summed E-state index contributed by atoms with van der Waals surface area (Å²) < 4.78 is 0. The van der Waals surface area contributed by atoms with Gasteiger partial charge >= 0.3 is 0 Å². The molecule has 0 heterocycles. The van der Waals surface area contributed by atoms with Gasteiger partial charge in [-0.1, -0.05) is 47.0 Å². The molecule has 0 aliphatic heterocycles. The molecule has 3 unspecified atom stereocenters. The van der Waals surface area contributed by atoms with Crippen molar-refractivity contribution in [1.29, 1.82) is 0 Å². The Morgan fingerprint density at radius 2 is 1.78 bits per heavy atom. The third kappa shape index (κ3) is 4.24. The Labute approximate surface area is 114 Å². The fourth-order valence-electron chi connectivity index (χ4n) is 3.36. The van der Waals surface area contributed by atoms with Gasteiger partial charge in [-0.05, 0) is 37.6 Å². The minimum atomic E-state index is -0.0953. The van der Waals surface area contributed by atoms with Crippen LogP contribution in [-0.4, -0.2) is 35.2 Å². The predicted molar refractivity (Wildman–Crippen MR) is 78.7 cm³/mol. The first-order valence-corrected chi connectivity index (χ1v) is 8.08. The van der Waals surface area contributed by atoms with Gasteiger partial charge in [0.2, 0.25) is 0 Å². The molecule has 1 aliphatic rings. The molecule has 2 heteroatoms. The summed E-state index contributed by atoms with van der Waals surface area (Å²) in [5.74, 6) is 1.62. The van der Waals surface area contributed by atoms with Gasteiger partial charge in [0, 0.05) is 12.6 Å². The molecule has 1 fully saturated rings. The SMILES string of the molecule is CCC1CCC(O)C(N(CC)CC(CC)CC)C1. The summed E-state index contributed by atoms with van der Waals surface area (Å²) >= 11 is 0. The first-order chi connectivity index (χ1) is 8.65. The van der Waals surface area contributed by atoms with E-state index in [0.717, 1.165) is 24.8 Å². The summed E-state index contributed by atoms with van der Waals surface area (Å²) in [4.78, 5) is 2.55. The van der Waals surface area contributed by atoms with E-state index in [9.17, 15) is 5.11 Å². The Morgan fingerprint density at radius 1 is 1.11 bits per heavy atom. The van der Waals surface area contributed by atoms with Gasteiger partial charge in [-0.25, -0.2) is 0 Å². The Bertz CT molecular complexity index is 215. The number of likely N-dealkylation sites (N-methyl/N-ethyl adjacent to an activating group) is 1. The van der Waals surface area contributed by atoms with Crippen molar-refractivity contribution in [3.63, 3.8) is 0 Å². The number of rotatable bonds is 7. The molecule has 0 aromatic carbocycles. The van der Waals surface area contributed by atoms with E-state index in [2.05, 4.69) is 32.6 Å². The molecule has 0 aromatic rings. The summed E-state index contributed by atoms with van der Waals surface area (Å²) in [6, 6.07) is 0.411. The van der Waals surface area contributed by atoms with E-state index in [1.54, 1.807) is 0 Å². The van der Waals surface area contributed by atoms with Gasteiger partial charge in [0.15, 0.2) is 0 Å². The van der Waals surface area contributed by atoms with Crippen LogP contribution in [0.3, 0.4) is 0 Å². The van der Waals surface area contributed by atoms with Crippen LogP contribution < -0.4 is 0 Å². The van der Waals surface area contributed by atoms with Crippen molar-refractivity contribution in [3.05, 3.63) is 0 Å². The summed E-state index contributed by atoms with van der Waals surface area (Å²) in [5, 5.41) is 10.3. The number of hydrogen-bond acceptors (Lipinski definition) is 2. The molecule has 1 N–H and O–H groups in total. The number of hydrogen-bond donors (Lipinski definition) is 1. The third-order valence-corrected chi connectivity index (χ3v) is 4.99. The summed E-state index contributed by atoms with van der Waals surface area (Å²) in [6.45, 7) is 11.3. The van der Waals surface area contributed by atoms with Gasteiger partial charge in [0.05, 0.1) is 6.10 Å². The molecule has 1 aliphatic carbocycles. The maximum atomic E-state index is 10.3. The average molecular weight is 255 g/mol. The molecule has 18 heavy (non-hydrogen) atoms. The van der Waals surface area contributed by atoms with Crippen molar-refractivity contribution in [2.45, 2.75) is 78.4 Å². The van der Waals surface area contributed by atoms with Crippen LogP contribution in [-0.2, 0) is 0 Å². The molecular weight excluding hydrogens is 222 g/mol. The van der Waals surface area contributed by atoms with Gasteiger partial charge in [-0.3, -0.25) is 4.90 Å². The van der Waals surface area contributed by atoms with Crippen molar-refractivity contribution in [3.8, 4) is 0 Å². The van der Waals surface area contributed by atoms with Crippen LogP contribution in [0.2, 0.25) is 0 Å². The van der Waals surface area contributed by atoms with Gasteiger partial charge in [0.25, 0.3) is 0 Å². The van der Waals surface area contributed by atoms with E-state index in [-0.39, 0.29) is 6.10 Å². The van der Waals surface area contributed by atoms with Crippen LogP contribution in [0.5, 0.6) is 0 Å². The molecule has 3 atom stereocenters. The average Bonchev–Trinajstić information content (AvgIpc) is 2.41. The molecule has 0 bridgehead atoms. The van der Waals surface area contributed by atoms with E-state index < -0.39 is 0 Å². The second-order valence-electron chi connectivity index (χ2n) is 5.99. The molecule has 2 nitrogen and oxygen atoms in total. The van der Waals surface area contributed by atoms with Crippen molar-refractivity contribution >= 4 is 0 Å². The van der Waals surface area contributed by atoms with E-state index >= 15 is 0 Å². The fraction of sp³-hybridized carbons (Fsp3) is 1.00. The highest BCUT2D eigenvalue weighted by Gasteiger charge is 2.32. The van der Waals surface area contributed by atoms with Crippen LogP contribution in [0.4, 0.5) is 0 Å². The van der Waals surface area contributed by atoms with Crippen LogP contribution in [0.1, 0.15) is 66.2 Å². The lowest BCUT2D eigenvalue weighted by molar-refractivity contribution is -0.00222. The highest BCUT2D eigenvalue weighted by atomic mass is 16.3. The highest BCUT2D eigenvalue weighted by molar-refractivity contribution is 4.86. The molecule has 0 amide bonds. The van der Waals surface area contributed by atoms with Crippen LogP contribution >= 0.6 is 0 Å². The van der Waals surface area contributed by atoms with Crippen LogP contribution in [0.25, 0.3) is 0 Å². The largest absolute Gasteiger partial charge is 0.391 e. The number of nitrogens with zero attached hydrogens (tertiary/aromatic N) is 1. The zero-order valence-corrected chi connectivity index (χ0v) is 12.9. The second-order valence-corrected chi connectivity index (χ2v) is 5.99. The Balaban J connectivity index is 2.60. The predicted octanol–water partition coefficient (Wildman–Crippen LogP) is 3.68. The van der Waals surface area contributed by atoms with E-state index in [4.69, 9.17) is 0 Å². The Hall–Kier alpha value is -0.0800. The monoisotopic (exact) mass is 255 g/mol. The fourth-order valence-corrected chi connectivity index (χ4v) is 3.36. The quantitative estimate of drug-likeness (QED) is 0.750.